The molecule has 3 atom stereocenters. The molecule has 43 heavy (non-hydrogen) atoms. The maximum absolute atomic E-state index is 15.0. The summed E-state index contributed by atoms with van der Waals surface area (Å²) in [7, 11) is 1.85. The van der Waals surface area contributed by atoms with Gasteiger partial charge in [0.1, 0.15) is 5.82 Å². The number of benzene rings is 2. The van der Waals surface area contributed by atoms with Crippen molar-refractivity contribution in [1.29, 1.82) is 0 Å². The largest absolute Gasteiger partial charge is 0.324 e. The van der Waals surface area contributed by atoms with E-state index in [1.807, 2.05) is 11.9 Å². The monoisotopic (exact) mass is 593 g/mol. The van der Waals surface area contributed by atoms with E-state index in [1.54, 1.807) is 33.7 Å². The van der Waals surface area contributed by atoms with Crippen molar-refractivity contribution in [3.8, 4) is 11.3 Å². The highest BCUT2D eigenvalue weighted by Crippen LogP contribution is 2.49. The number of urea groups is 1. The van der Waals surface area contributed by atoms with Gasteiger partial charge in [-0.3, -0.25) is 9.36 Å². The summed E-state index contributed by atoms with van der Waals surface area (Å²) in [6, 6.07) is 11.2. The Bertz CT molecular complexity index is 1540. The molecule has 2 aliphatic heterocycles. The number of hydrogen-bond donors (Lipinski definition) is 1. The van der Waals surface area contributed by atoms with E-state index >= 15 is 0 Å². The van der Waals surface area contributed by atoms with Gasteiger partial charge in [-0.25, -0.2) is 22.9 Å². The Morgan fingerprint density at radius 3 is 2.53 bits per heavy atom. The van der Waals surface area contributed by atoms with E-state index in [0.717, 1.165) is 44.6 Å². The molecule has 0 bridgehead atoms. The van der Waals surface area contributed by atoms with Gasteiger partial charge in [-0.1, -0.05) is 37.1 Å². The molecule has 2 saturated heterocycles. The van der Waals surface area contributed by atoms with Crippen LogP contribution in [0.4, 0.5) is 18.0 Å². The van der Waals surface area contributed by atoms with E-state index in [9.17, 15) is 22.8 Å². The Balaban J connectivity index is 1.21. The standard InChI is InChI=1S/C33H38F3N5O2/c1-37-23-12-16-41(29(17-23)25-8-6-10-27(35)31(25)36)32(43)39-15-11-22(33(20-39)13-4-5-14-33)19-40-21-38-28(18-30(40)42)24-7-2-3-9-26(24)34/h2-3,6-10,18,21-23,29,37H,4-5,11-17,19-20H2,1H3/t22-,23+,29?/m0/s1. The van der Waals surface area contributed by atoms with Crippen LogP contribution in [0.1, 0.15) is 56.6 Å². The Morgan fingerprint density at radius 2 is 1.79 bits per heavy atom. The minimum atomic E-state index is -0.908. The van der Waals surface area contributed by atoms with Crippen LogP contribution < -0.4 is 10.9 Å². The summed E-state index contributed by atoms with van der Waals surface area (Å²) < 4.78 is 45.1. The van der Waals surface area contributed by atoms with Crippen LogP contribution in [-0.2, 0) is 6.54 Å². The van der Waals surface area contributed by atoms with Gasteiger partial charge in [-0.2, -0.15) is 0 Å². The van der Waals surface area contributed by atoms with Gasteiger partial charge in [0, 0.05) is 49.4 Å². The van der Waals surface area contributed by atoms with Crippen LogP contribution in [0.15, 0.2) is 59.7 Å². The fourth-order valence-corrected chi connectivity index (χ4v) is 7.63. The third-order valence-electron chi connectivity index (χ3n) is 10.0. The topological polar surface area (TPSA) is 70.5 Å². The number of carbonyl (C=O) groups excluding carboxylic acids is 1. The molecule has 228 valence electrons. The second-order valence-corrected chi connectivity index (χ2v) is 12.4. The summed E-state index contributed by atoms with van der Waals surface area (Å²) in [5.74, 6) is -2.06. The zero-order chi connectivity index (χ0) is 30.1. The highest BCUT2D eigenvalue weighted by Gasteiger charge is 2.48. The van der Waals surface area contributed by atoms with Crippen molar-refractivity contribution >= 4 is 6.03 Å². The van der Waals surface area contributed by atoms with Gasteiger partial charge in [0.15, 0.2) is 11.6 Å². The number of amides is 2. The van der Waals surface area contributed by atoms with Gasteiger partial charge in [-0.15, -0.1) is 0 Å². The molecule has 3 fully saturated rings. The average Bonchev–Trinajstić information content (AvgIpc) is 3.48. The molecule has 1 aromatic heterocycles. The predicted molar refractivity (Wildman–Crippen MR) is 158 cm³/mol. The Labute approximate surface area is 249 Å². The molecule has 1 N–H and O–H groups in total. The van der Waals surface area contributed by atoms with Gasteiger partial charge < -0.3 is 15.1 Å². The molecule has 1 spiro atoms. The first-order chi connectivity index (χ1) is 20.8. The fraction of sp³-hybridized carbons (Fsp3) is 0.485. The number of likely N-dealkylation sites (tertiary alicyclic amines) is 2. The van der Waals surface area contributed by atoms with Gasteiger partial charge in [0.2, 0.25) is 0 Å². The van der Waals surface area contributed by atoms with Crippen LogP contribution in [0.5, 0.6) is 0 Å². The minimum absolute atomic E-state index is 0.0975. The van der Waals surface area contributed by atoms with Crippen molar-refractivity contribution in [1.82, 2.24) is 24.7 Å². The summed E-state index contributed by atoms with van der Waals surface area (Å²) >= 11 is 0. The molecular formula is C33H38F3N5O2. The second kappa shape index (κ2) is 12.1. The molecule has 3 aromatic rings. The molecule has 1 unspecified atom stereocenters. The van der Waals surface area contributed by atoms with E-state index in [1.165, 1.54) is 24.5 Å². The number of carbonyl (C=O) groups is 1. The molecule has 7 nitrogen and oxygen atoms in total. The zero-order valence-electron chi connectivity index (χ0n) is 24.4. The molecular weight excluding hydrogens is 555 g/mol. The highest BCUT2D eigenvalue weighted by molar-refractivity contribution is 5.75. The maximum Gasteiger partial charge on any atom is 0.320 e. The van der Waals surface area contributed by atoms with Gasteiger partial charge in [-0.05, 0) is 68.7 Å². The van der Waals surface area contributed by atoms with Crippen LogP contribution in [-0.4, -0.2) is 58.1 Å². The molecule has 1 aliphatic carbocycles. The lowest BCUT2D eigenvalue weighted by molar-refractivity contribution is 0.0205. The zero-order valence-corrected chi connectivity index (χ0v) is 24.4. The van der Waals surface area contributed by atoms with Gasteiger partial charge in [0.05, 0.1) is 18.1 Å². The predicted octanol–water partition coefficient (Wildman–Crippen LogP) is 5.76. The number of nitrogens with one attached hydrogen (secondary N) is 1. The number of halogens is 3. The van der Waals surface area contributed by atoms with Crippen LogP contribution >= 0.6 is 0 Å². The van der Waals surface area contributed by atoms with E-state index in [0.29, 0.717) is 43.9 Å². The summed E-state index contributed by atoms with van der Waals surface area (Å²) in [4.78, 5) is 35.3. The molecule has 2 aromatic carbocycles. The lowest BCUT2D eigenvalue weighted by Gasteiger charge is -2.49. The summed E-state index contributed by atoms with van der Waals surface area (Å²) in [5.41, 5.74) is 0.444. The van der Waals surface area contributed by atoms with Crippen LogP contribution in [0, 0.1) is 28.8 Å². The third kappa shape index (κ3) is 5.69. The molecule has 2 amide bonds. The SMILES string of the molecule is CN[C@@H]1CCN(C(=O)N2CC[C@@H](Cn3cnc(-c4ccccc4F)cc3=O)C3(CCCC3)C2)C(c2cccc(F)c2F)C1. The Morgan fingerprint density at radius 1 is 1.02 bits per heavy atom. The lowest BCUT2D eigenvalue weighted by atomic mass is 9.69. The van der Waals surface area contributed by atoms with E-state index < -0.39 is 23.5 Å². The van der Waals surface area contributed by atoms with Gasteiger partial charge in [0.25, 0.3) is 5.56 Å². The fourth-order valence-electron chi connectivity index (χ4n) is 7.63. The number of rotatable bonds is 5. The van der Waals surface area contributed by atoms with Gasteiger partial charge >= 0.3 is 6.03 Å². The first-order valence-corrected chi connectivity index (χ1v) is 15.3. The van der Waals surface area contributed by atoms with Crippen LogP contribution in [0.2, 0.25) is 0 Å². The summed E-state index contributed by atoms with van der Waals surface area (Å²) in [6.07, 6.45) is 7.50. The van der Waals surface area contributed by atoms with E-state index in [4.69, 9.17) is 0 Å². The number of hydrogen-bond acceptors (Lipinski definition) is 4. The molecule has 6 rings (SSSR count). The normalized spacial score (nSPS) is 23.6. The summed E-state index contributed by atoms with van der Waals surface area (Å²) in [6.45, 7) is 2.02. The van der Waals surface area contributed by atoms with Crippen molar-refractivity contribution in [3.05, 3.63) is 88.2 Å². The van der Waals surface area contributed by atoms with Crippen molar-refractivity contribution in [2.75, 3.05) is 26.7 Å². The van der Waals surface area contributed by atoms with Crippen molar-refractivity contribution in [2.24, 2.45) is 11.3 Å². The first kappa shape index (κ1) is 29.4. The average molecular weight is 594 g/mol. The lowest BCUT2D eigenvalue weighted by Crippen LogP contribution is -2.57. The first-order valence-electron chi connectivity index (χ1n) is 15.3. The summed E-state index contributed by atoms with van der Waals surface area (Å²) in [5, 5.41) is 3.25. The number of aromatic nitrogens is 2. The quantitative estimate of drug-likeness (QED) is 0.409. The van der Waals surface area contributed by atoms with Crippen LogP contribution in [0.25, 0.3) is 11.3 Å². The third-order valence-corrected chi connectivity index (χ3v) is 10.0. The van der Waals surface area contributed by atoms with Crippen molar-refractivity contribution in [3.63, 3.8) is 0 Å². The smallest absolute Gasteiger partial charge is 0.320 e. The minimum Gasteiger partial charge on any atom is -0.324 e. The molecule has 3 heterocycles. The Kier molecular flexibility index (Phi) is 8.31. The molecule has 0 radical (unpaired) electrons. The second-order valence-electron chi connectivity index (χ2n) is 12.4. The highest BCUT2D eigenvalue weighted by atomic mass is 19.2. The molecule has 1 saturated carbocycles. The Hall–Kier alpha value is -3.66. The molecule has 3 aliphatic rings. The number of nitrogens with zero attached hydrogens (tertiary/aromatic N) is 4. The van der Waals surface area contributed by atoms with E-state index in [2.05, 4.69) is 10.3 Å². The van der Waals surface area contributed by atoms with Crippen molar-refractivity contribution in [2.45, 2.75) is 63.6 Å². The number of piperidine rings is 2. The molecule has 10 heteroatoms. The van der Waals surface area contributed by atoms with E-state index in [-0.39, 0.29) is 34.5 Å². The van der Waals surface area contributed by atoms with Crippen molar-refractivity contribution < 1.29 is 18.0 Å². The van der Waals surface area contributed by atoms with Crippen LogP contribution in [0.3, 0.4) is 0 Å². The maximum atomic E-state index is 15.0.